The molecule has 138 valence electrons. The van der Waals surface area contributed by atoms with E-state index in [0.717, 1.165) is 44.2 Å². The Balaban J connectivity index is 1.68. The molecular formula is C19H22N2O3S2. The van der Waals surface area contributed by atoms with Gasteiger partial charge in [0.05, 0.1) is 18.1 Å². The summed E-state index contributed by atoms with van der Waals surface area (Å²) in [4.78, 5) is 17.4. The lowest BCUT2D eigenvalue weighted by Gasteiger charge is -2.28. The lowest BCUT2D eigenvalue weighted by molar-refractivity contribution is -0.122. The van der Waals surface area contributed by atoms with Gasteiger partial charge in [-0.1, -0.05) is 54.8 Å². The highest BCUT2D eigenvalue weighted by Gasteiger charge is 2.32. The fourth-order valence-electron chi connectivity index (χ4n) is 2.78. The normalized spacial score (nSPS) is 20.0. The number of rotatable bonds is 7. The van der Waals surface area contributed by atoms with Crippen molar-refractivity contribution in [3.63, 3.8) is 0 Å². The van der Waals surface area contributed by atoms with Gasteiger partial charge < -0.3 is 9.47 Å². The first-order valence-corrected chi connectivity index (χ1v) is 9.79. The van der Waals surface area contributed by atoms with E-state index >= 15 is 0 Å². The maximum absolute atomic E-state index is 12.8. The summed E-state index contributed by atoms with van der Waals surface area (Å²) in [6.45, 7) is 8.81. The second kappa shape index (κ2) is 9.32. The molecule has 0 radical (unpaired) electrons. The van der Waals surface area contributed by atoms with Crippen LogP contribution in [0.15, 0.2) is 41.8 Å². The molecule has 0 N–H and O–H groups in total. The smallest absolute Gasteiger partial charge is 0.266 e. The van der Waals surface area contributed by atoms with Gasteiger partial charge in [0.1, 0.15) is 16.7 Å². The van der Waals surface area contributed by atoms with Crippen LogP contribution in [0.2, 0.25) is 0 Å². The lowest BCUT2D eigenvalue weighted by Crippen LogP contribution is -2.42. The first-order chi connectivity index (χ1) is 12.7. The minimum Gasteiger partial charge on any atom is -0.489 e. The van der Waals surface area contributed by atoms with Crippen LogP contribution in [0.4, 0.5) is 0 Å². The number of hydrogen-bond acceptors (Lipinski definition) is 6. The molecule has 26 heavy (non-hydrogen) atoms. The lowest BCUT2D eigenvalue weighted by atomic mass is 10.2. The first-order valence-electron chi connectivity index (χ1n) is 8.57. The zero-order valence-corrected chi connectivity index (χ0v) is 16.2. The molecule has 2 aliphatic heterocycles. The molecular weight excluding hydrogens is 368 g/mol. The fourth-order valence-corrected chi connectivity index (χ4v) is 4.08. The van der Waals surface area contributed by atoms with Crippen molar-refractivity contribution in [2.45, 2.75) is 0 Å². The Kier molecular flexibility index (Phi) is 6.85. The molecule has 2 heterocycles. The molecule has 0 atom stereocenters. The summed E-state index contributed by atoms with van der Waals surface area (Å²) < 4.78 is 11.6. The Morgan fingerprint density at radius 1 is 1.27 bits per heavy atom. The van der Waals surface area contributed by atoms with Gasteiger partial charge in [-0.15, -0.1) is 0 Å². The van der Waals surface area contributed by atoms with Crippen molar-refractivity contribution in [1.29, 1.82) is 0 Å². The Morgan fingerprint density at radius 3 is 2.81 bits per heavy atom. The summed E-state index contributed by atoms with van der Waals surface area (Å²) in [7, 11) is 0. The van der Waals surface area contributed by atoms with E-state index in [9.17, 15) is 4.79 Å². The van der Waals surface area contributed by atoms with Crippen LogP contribution in [0.25, 0.3) is 6.08 Å². The van der Waals surface area contributed by atoms with Gasteiger partial charge in [-0.2, -0.15) is 0 Å². The molecule has 1 amide bonds. The standard InChI is InChI=1S/C19H22N2O3S2/c1-2-11-24-16-6-4-3-5-15(16)14-17-18(22)21(19(25)26-17)8-7-20-9-12-23-13-10-20/h2-6,14H,1,7-13H2. The van der Waals surface area contributed by atoms with E-state index in [1.165, 1.54) is 11.8 Å². The quantitative estimate of drug-likeness (QED) is 0.405. The average molecular weight is 391 g/mol. The zero-order chi connectivity index (χ0) is 18.4. The van der Waals surface area contributed by atoms with Crippen LogP contribution in [-0.2, 0) is 9.53 Å². The molecule has 0 spiro atoms. The van der Waals surface area contributed by atoms with Crippen LogP contribution in [0.5, 0.6) is 5.75 Å². The summed E-state index contributed by atoms with van der Waals surface area (Å²) >= 11 is 6.77. The maximum Gasteiger partial charge on any atom is 0.266 e. The minimum absolute atomic E-state index is 0.0354. The Labute approximate surface area is 163 Å². The summed E-state index contributed by atoms with van der Waals surface area (Å²) in [5.74, 6) is 0.692. The van der Waals surface area contributed by atoms with Gasteiger partial charge in [0.2, 0.25) is 0 Å². The molecule has 1 aromatic rings. The topological polar surface area (TPSA) is 42.0 Å². The van der Waals surface area contributed by atoms with E-state index < -0.39 is 0 Å². The number of benzene rings is 1. The van der Waals surface area contributed by atoms with Crippen LogP contribution in [0, 0.1) is 0 Å². The number of para-hydroxylation sites is 1. The maximum atomic E-state index is 12.8. The molecule has 1 aromatic carbocycles. The number of nitrogens with zero attached hydrogens (tertiary/aromatic N) is 2. The Hall–Kier alpha value is -1.67. The van der Waals surface area contributed by atoms with E-state index in [0.29, 0.717) is 22.4 Å². The SMILES string of the molecule is C=CCOc1ccccc1C=C1SC(=S)N(CCN2CCOCC2)C1=O. The van der Waals surface area contributed by atoms with Gasteiger partial charge in [-0.3, -0.25) is 14.6 Å². The Morgan fingerprint density at radius 2 is 2.04 bits per heavy atom. The van der Waals surface area contributed by atoms with Gasteiger partial charge in [-0.25, -0.2) is 0 Å². The summed E-state index contributed by atoms with van der Waals surface area (Å²) in [6.07, 6.45) is 3.55. The van der Waals surface area contributed by atoms with E-state index in [2.05, 4.69) is 11.5 Å². The molecule has 2 fully saturated rings. The van der Waals surface area contributed by atoms with Crippen molar-refractivity contribution in [3.8, 4) is 5.75 Å². The van der Waals surface area contributed by atoms with Crippen LogP contribution >= 0.6 is 24.0 Å². The van der Waals surface area contributed by atoms with Crippen LogP contribution in [0.3, 0.4) is 0 Å². The van der Waals surface area contributed by atoms with Crippen molar-refractivity contribution in [1.82, 2.24) is 9.80 Å². The number of ether oxygens (including phenoxy) is 2. The van der Waals surface area contributed by atoms with Crippen molar-refractivity contribution < 1.29 is 14.3 Å². The highest BCUT2D eigenvalue weighted by Crippen LogP contribution is 2.34. The summed E-state index contributed by atoms with van der Waals surface area (Å²) in [5, 5.41) is 0. The molecule has 2 aliphatic rings. The molecule has 0 aromatic heterocycles. The monoisotopic (exact) mass is 390 g/mol. The van der Waals surface area contributed by atoms with Crippen molar-refractivity contribution in [2.75, 3.05) is 46.0 Å². The predicted octanol–water partition coefficient (Wildman–Crippen LogP) is 2.78. The highest BCUT2D eigenvalue weighted by atomic mass is 32.2. The molecule has 7 heteroatoms. The van der Waals surface area contributed by atoms with E-state index in [-0.39, 0.29) is 5.91 Å². The molecule has 5 nitrogen and oxygen atoms in total. The van der Waals surface area contributed by atoms with Crippen LogP contribution < -0.4 is 4.74 Å². The fraction of sp³-hybridized carbons (Fsp3) is 0.368. The van der Waals surface area contributed by atoms with Crippen molar-refractivity contribution in [3.05, 3.63) is 47.4 Å². The van der Waals surface area contributed by atoms with Crippen LogP contribution in [0.1, 0.15) is 5.56 Å². The molecule has 2 saturated heterocycles. The zero-order valence-electron chi connectivity index (χ0n) is 14.6. The van der Waals surface area contributed by atoms with Gasteiger partial charge in [0.15, 0.2) is 0 Å². The Bertz CT molecular complexity index is 714. The second-order valence-corrected chi connectivity index (χ2v) is 7.60. The highest BCUT2D eigenvalue weighted by molar-refractivity contribution is 8.26. The predicted molar refractivity (Wildman–Crippen MR) is 109 cm³/mol. The average Bonchev–Trinajstić information content (AvgIpc) is 2.93. The molecule has 0 bridgehead atoms. The third kappa shape index (κ3) is 4.73. The van der Waals surface area contributed by atoms with Gasteiger partial charge >= 0.3 is 0 Å². The first kappa shape index (κ1) is 19.1. The summed E-state index contributed by atoms with van der Waals surface area (Å²) in [6, 6.07) is 7.64. The molecule has 0 aliphatic carbocycles. The number of morpholine rings is 1. The van der Waals surface area contributed by atoms with E-state index in [1.807, 2.05) is 30.3 Å². The van der Waals surface area contributed by atoms with Gasteiger partial charge in [-0.05, 0) is 12.1 Å². The van der Waals surface area contributed by atoms with Gasteiger partial charge in [0.25, 0.3) is 5.91 Å². The third-order valence-corrected chi connectivity index (χ3v) is 5.56. The molecule has 0 unspecified atom stereocenters. The molecule has 0 saturated carbocycles. The number of amides is 1. The number of carbonyl (C=O) groups is 1. The minimum atomic E-state index is -0.0354. The largest absolute Gasteiger partial charge is 0.489 e. The third-order valence-electron chi connectivity index (χ3n) is 4.18. The molecule has 3 rings (SSSR count). The number of carbonyl (C=O) groups excluding carboxylic acids is 1. The van der Waals surface area contributed by atoms with E-state index in [4.69, 9.17) is 21.7 Å². The van der Waals surface area contributed by atoms with Crippen molar-refractivity contribution in [2.24, 2.45) is 0 Å². The van der Waals surface area contributed by atoms with E-state index in [1.54, 1.807) is 11.0 Å². The second-order valence-electron chi connectivity index (χ2n) is 5.92. The van der Waals surface area contributed by atoms with Crippen LogP contribution in [-0.4, -0.2) is 66.0 Å². The van der Waals surface area contributed by atoms with Crippen molar-refractivity contribution >= 4 is 40.3 Å². The summed E-state index contributed by atoms with van der Waals surface area (Å²) in [5.41, 5.74) is 0.864. The number of hydrogen-bond donors (Lipinski definition) is 0. The number of thiocarbonyl (C=S) groups is 1. The van der Waals surface area contributed by atoms with Gasteiger partial charge in [0, 0.05) is 31.7 Å². The number of thioether (sulfide) groups is 1.